The standard InChI is InChI=1S/C32H30F6N2O8/c1-11-16-7-6-13(5-4-12-8-14(31(33,34)35)10-15(9-12)32(36,37)38)23(41)18(16)24(42)19-17(11)25(43)21-22(40(2)3)26(44)20(29(39)47)28(46)30(21,48)27(19)45/h4-11,17,21-22,25-26,41-44,46,48H,1-3H3,(H2,39,47)/b5-4+/t11-,17+,21+,22-,25-,26?,30-/m1/s1. The van der Waals surface area contributed by atoms with E-state index in [1.807, 2.05) is 0 Å². The Bertz CT molecular complexity index is 1780. The van der Waals surface area contributed by atoms with Gasteiger partial charge in [-0.15, -0.1) is 0 Å². The van der Waals surface area contributed by atoms with Crippen molar-refractivity contribution in [2.75, 3.05) is 14.1 Å². The predicted octanol–water partition coefficient (Wildman–Crippen LogP) is 3.50. The highest BCUT2D eigenvalue weighted by Gasteiger charge is 2.68. The Labute approximate surface area is 268 Å². The summed E-state index contributed by atoms with van der Waals surface area (Å²) >= 11 is 0. The lowest BCUT2D eigenvalue weighted by atomic mass is 9.54. The summed E-state index contributed by atoms with van der Waals surface area (Å²) < 4.78 is 80.0. The summed E-state index contributed by atoms with van der Waals surface area (Å²) in [5.41, 5.74) is -3.35. The summed E-state index contributed by atoms with van der Waals surface area (Å²) in [6, 6.07) is 2.16. The Hall–Kier alpha value is -4.38. The molecule has 0 bridgehead atoms. The van der Waals surface area contributed by atoms with Gasteiger partial charge in [-0.2, -0.15) is 26.3 Å². The maximum absolute atomic E-state index is 14.1. The molecule has 2 aromatic rings. The van der Waals surface area contributed by atoms with Crippen molar-refractivity contribution in [3.05, 3.63) is 80.6 Å². The lowest BCUT2D eigenvalue weighted by molar-refractivity contribution is -0.174. The largest absolute Gasteiger partial charge is 0.508 e. The third-order valence-corrected chi connectivity index (χ3v) is 9.44. The Morgan fingerprint density at radius 3 is 2.02 bits per heavy atom. The van der Waals surface area contributed by atoms with Crippen molar-refractivity contribution in [1.29, 1.82) is 0 Å². The highest BCUT2D eigenvalue weighted by Crippen LogP contribution is 2.57. The van der Waals surface area contributed by atoms with Crippen LogP contribution in [-0.4, -0.2) is 85.2 Å². The highest BCUT2D eigenvalue weighted by molar-refractivity contribution is 6.12. The number of amides is 1. The lowest BCUT2D eigenvalue weighted by Crippen LogP contribution is -2.71. The fourth-order valence-corrected chi connectivity index (χ4v) is 7.23. The van der Waals surface area contributed by atoms with E-state index < -0.39 is 116 Å². The monoisotopic (exact) mass is 684 g/mol. The molecule has 0 aliphatic heterocycles. The number of hydrogen-bond acceptors (Lipinski definition) is 9. The van der Waals surface area contributed by atoms with Crippen LogP contribution in [0.5, 0.6) is 5.75 Å². The van der Waals surface area contributed by atoms with Gasteiger partial charge in [0.15, 0.2) is 5.60 Å². The number of Topliss-reactive ketones (excluding diaryl/α,β-unsaturated/α-hetero) is 1. The summed E-state index contributed by atoms with van der Waals surface area (Å²) in [7, 11) is 2.84. The number of nitrogens with zero attached hydrogens (tertiary/aromatic N) is 1. The molecule has 0 aromatic heterocycles. The number of carbonyl (C=O) groups excluding carboxylic acids is 2. The minimum atomic E-state index is -5.10. The molecule has 0 radical (unpaired) electrons. The smallest absolute Gasteiger partial charge is 0.416 e. The first-order valence-electron chi connectivity index (χ1n) is 14.3. The third-order valence-electron chi connectivity index (χ3n) is 9.44. The van der Waals surface area contributed by atoms with Crippen molar-refractivity contribution in [3.8, 4) is 5.75 Å². The Kier molecular flexibility index (Phi) is 8.27. The zero-order valence-electron chi connectivity index (χ0n) is 25.3. The number of alkyl halides is 6. The number of aromatic hydroxyl groups is 1. The number of aliphatic hydroxyl groups excluding tert-OH is 4. The predicted molar refractivity (Wildman–Crippen MR) is 157 cm³/mol. The van der Waals surface area contributed by atoms with Gasteiger partial charge in [0.25, 0.3) is 5.91 Å². The highest BCUT2D eigenvalue weighted by atomic mass is 19.4. The number of phenolic OH excluding ortho intramolecular Hbond substituents is 1. The summed E-state index contributed by atoms with van der Waals surface area (Å²) in [6.45, 7) is 1.52. The summed E-state index contributed by atoms with van der Waals surface area (Å²) in [4.78, 5) is 27.6. The molecule has 10 nitrogen and oxygen atoms in total. The van der Waals surface area contributed by atoms with Crippen LogP contribution in [-0.2, 0) is 21.9 Å². The number of nitrogens with two attached hydrogens (primary N) is 1. The average Bonchev–Trinajstić information content (AvgIpc) is 2.97. The fraction of sp³-hybridized carbons (Fsp3) is 0.375. The van der Waals surface area contributed by atoms with Crippen molar-refractivity contribution < 1.29 is 66.6 Å². The number of ketones is 1. The number of halogens is 6. The first-order chi connectivity index (χ1) is 22.0. The van der Waals surface area contributed by atoms with Gasteiger partial charge < -0.3 is 41.3 Å². The van der Waals surface area contributed by atoms with Crippen LogP contribution in [0.4, 0.5) is 26.3 Å². The molecule has 2 aromatic carbocycles. The van der Waals surface area contributed by atoms with Gasteiger partial charge in [-0.1, -0.05) is 31.2 Å². The van der Waals surface area contributed by atoms with E-state index in [4.69, 9.17) is 5.73 Å². The van der Waals surface area contributed by atoms with Gasteiger partial charge in [-0.25, -0.2) is 0 Å². The zero-order chi connectivity index (χ0) is 36.0. The van der Waals surface area contributed by atoms with E-state index >= 15 is 0 Å². The van der Waals surface area contributed by atoms with E-state index in [0.717, 1.165) is 12.2 Å². The molecular weight excluding hydrogens is 654 g/mol. The quantitative estimate of drug-likeness (QED) is 0.187. The molecule has 7 atom stereocenters. The molecule has 8 N–H and O–H groups in total. The van der Waals surface area contributed by atoms with E-state index in [9.17, 15) is 66.6 Å². The van der Waals surface area contributed by atoms with E-state index in [1.54, 1.807) is 0 Å². The van der Waals surface area contributed by atoms with Crippen LogP contribution in [0, 0.1) is 11.8 Å². The van der Waals surface area contributed by atoms with Crippen LogP contribution in [0.25, 0.3) is 17.9 Å². The van der Waals surface area contributed by atoms with Crippen LogP contribution >= 0.6 is 0 Å². The summed E-state index contributed by atoms with van der Waals surface area (Å²) in [5.74, 6) is -9.62. The second-order valence-corrected chi connectivity index (χ2v) is 12.4. The second-order valence-electron chi connectivity index (χ2n) is 12.4. The zero-order valence-corrected chi connectivity index (χ0v) is 25.3. The molecule has 16 heteroatoms. The SMILES string of the molecule is C[C@@H]1c2ccc(/C=C/c3cc(C(F)(F)F)cc(C(F)(F)F)c3)c(O)c2C(O)=C2C(=O)[C@@]3(O)C(O)=C(C(N)=O)C(O)[C@H](N(C)C)[C@H]3[C@H](O)[C@H]21. The Balaban J connectivity index is 1.67. The number of rotatable bonds is 4. The molecule has 0 spiro atoms. The summed E-state index contributed by atoms with van der Waals surface area (Å²) in [6.07, 6.45) is -12.0. The minimum absolute atomic E-state index is 0.0447. The van der Waals surface area contributed by atoms with Gasteiger partial charge in [-0.05, 0) is 49.3 Å². The van der Waals surface area contributed by atoms with Crippen LogP contribution < -0.4 is 5.73 Å². The molecule has 1 unspecified atom stereocenters. The van der Waals surface area contributed by atoms with E-state index in [2.05, 4.69) is 0 Å². The molecule has 5 rings (SSSR count). The lowest BCUT2D eigenvalue weighted by Gasteiger charge is -2.55. The van der Waals surface area contributed by atoms with Gasteiger partial charge in [0.2, 0.25) is 5.78 Å². The van der Waals surface area contributed by atoms with Gasteiger partial charge in [0, 0.05) is 29.0 Å². The maximum atomic E-state index is 14.1. The van der Waals surface area contributed by atoms with Crippen molar-refractivity contribution in [2.45, 2.75) is 49.0 Å². The molecule has 1 saturated carbocycles. The van der Waals surface area contributed by atoms with Crippen molar-refractivity contribution >= 4 is 29.6 Å². The molecular formula is C32H30F6N2O8. The molecule has 3 aliphatic carbocycles. The van der Waals surface area contributed by atoms with E-state index in [1.165, 1.54) is 38.1 Å². The average molecular weight is 685 g/mol. The van der Waals surface area contributed by atoms with Crippen molar-refractivity contribution in [2.24, 2.45) is 17.6 Å². The number of carbonyl (C=O) groups is 2. The van der Waals surface area contributed by atoms with Crippen LogP contribution in [0.1, 0.15) is 46.2 Å². The molecule has 3 aliphatic rings. The number of likely N-dealkylation sites (N-methyl/N-ethyl adjacent to an activating group) is 1. The Morgan fingerprint density at radius 1 is 0.958 bits per heavy atom. The van der Waals surface area contributed by atoms with Crippen LogP contribution in [0.3, 0.4) is 0 Å². The molecule has 258 valence electrons. The van der Waals surface area contributed by atoms with Gasteiger partial charge in [0.1, 0.15) is 23.4 Å². The van der Waals surface area contributed by atoms with Gasteiger partial charge in [-0.3, -0.25) is 9.59 Å². The first-order valence-corrected chi connectivity index (χ1v) is 14.3. The van der Waals surface area contributed by atoms with E-state index in [0.29, 0.717) is 12.1 Å². The third kappa shape index (κ3) is 5.14. The number of fused-ring (bicyclic) bond motifs is 3. The maximum Gasteiger partial charge on any atom is 0.416 e. The molecule has 1 amide bonds. The van der Waals surface area contributed by atoms with E-state index in [-0.39, 0.29) is 17.2 Å². The number of hydrogen-bond donors (Lipinski definition) is 7. The van der Waals surface area contributed by atoms with Crippen LogP contribution in [0.15, 0.2) is 47.2 Å². The number of aliphatic hydroxyl groups is 5. The number of phenols is 1. The number of primary amides is 1. The first kappa shape index (κ1) is 34.9. The van der Waals surface area contributed by atoms with Crippen molar-refractivity contribution in [3.63, 3.8) is 0 Å². The Morgan fingerprint density at radius 2 is 1.52 bits per heavy atom. The minimum Gasteiger partial charge on any atom is -0.508 e. The molecule has 0 saturated heterocycles. The second kappa shape index (κ2) is 11.4. The molecule has 0 heterocycles. The fourth-order valence-electron chi connectivity index (χ4n) is 7.23. The van der Waals surface area contributed by atoms with Gasteiger partial charge in [0.05, 0.1) is 28.4 Å². The van der Waals surface area contributed by atoms with Crippen molar-refractivity contribution in [1.82, 2.24) is 4.90 Å². The number of benzene rings is 2. The molecule has 1 fully saturated rings. The normalized spacial score (nSPS) is 29.3. The topological polar surface area (TPSA) is 185 Å². The summed E-state index contributed by atoms with van der Waals surface area (Å²) in [5, 5.41) is 68.2. The van der Waals surface area contributed by atoms with Gasteiger partial charge >= 0.3 is 12.4 Å². The van der Waals surface area contributed by atoms with Crippen LogP contribution in [0.2, 0.25) is 0 Å². The molecule has 48 heavy (non-hydrogen) atoms.